The van der Waals surface area contributed by atoms with Crippen LogP contribution in [0.15, 0.2) is 54.6 Å². The van der Waals surface area contributed by atoms with Crippen LogP contribution in [-0.2, 0) is 11.3 Å². The van der Waals surface area contributed by atoms with E-state index in [2.05, 4.69) is 0 Å². The molecule has 1 aliphatic rings. The van der Waals surface area contributed by atoms with Crippen molar-refractivity contribution < 1.29 is 23.8 Å². The van der Waals surface area contributed by atoms with Crippen LogP contribution in [0.5, 0.6) is 17.2 Å². The van der Waals surface area contributed by atoms with E-state index in [0.29, 0.717) is 55.3 Å². The summed E-state index contributed by atoms with van der Waals surface area (Å²) in [6.07, 6.45) is 1.28. The summed E-state index contributed by atoms with van der Waals surface area (Å²) < 4.78 is 16.4. The summed E-state index contributed by atoms with van der Waals surface area (Å²) in [4.78, 5) is 30.1. The van der Waals surface area contributed by atoms with E-state index >= 15 is 0 Å². The van der Waals surface area contributed by atoms with Gasteiger partial charge in [-0.25, -0.2) is 0 Å². The Kier molecular flexibility index (Phi) is 7.44. The highest BCUT2D eigenvalue weighted by Gasteiger charge is 2.30. The molecule has 7 nitrogen and oxygen atoms in total. The summed E-state index contributed by atoms with van der Waals surface area (Å²) in [5.41, 5.74) is 1.55. The third-order valence-corrected chi connectivity index (χ3v) is 6.72. The van der Waals surface area contributed by atoms with Crippen molar-refractivity contribution in [2.45, 2.75) is 19.4 Å². The van der Waals surface area contributed by atoms with Gasteiger partial charge in [0.2, 0.25) is 11.7 Å². The highest BCUT2D eigenvalue weighted by Crippen LogP contribution is 2.40. The number of hydrogen-bond donors (Lipinski definition) is 0. The fourth-order valence-electron chi connectivity index (χ4n) is 4.84. The molecule has 0 aliphatic carbocycles. The average molecular weight is 477 g/mol. The zero-order valence-electron chi connectivity index (χ0n) is 20.7. The number of hydrogen-bond acceptors (Lipinski definition) is 5. The number of likely N-dealkylation sites (tertiary alicyclic amines) is 1. The lowest BCUT2D eigenvalue weighted by Gasteiger charge is -2.33. The van der Waals surface area contributed by atoms with E-state index in [9.17, 15) is 9.59 Å². The maximum atomic E-state index is 13.2. The van der Waals surface area contributed by atoms with E-state index in [4.69, 9.17) is 14.2 Å². The minimum absolute atomic E-state index is 0.0242. The Balaban J connectivity index is 1.41. The van der Waals surface area contributed by atoms with Crippen molar-refractivity contribution in [1.82, 2.24) is 9.80 Å². The summed E-state index contributed by atoms with van der Waals surface area (Å²) >= 11 is 0. The second kappa shape index (κ2) is 10.7. The molecular formula is C28H32N2O5. The molecule has 1 heterocycles. The Morgan fingerprint density at radius 3 is 2.26 bits per heavy atom. The molecule has 4 rings (SSSR count). The lowest BCUT2D eigenvalue weighted by atomic mass is 9.94. The predicted molar refractivity (Wildman–Crippen MR) is 135 cm³/mol. The van der Waals surface area contributed by atoms with Crippen molar-refractivity contribution in [2.75, 3.05) is 41.5 Å². The maximum Gasteiger partial charge on any atom is 0.254 e. The van der Waals surface area contributed by atoms with Gasteiger partial charge in [0.25, 0.3) is 5.91 Å². The number of ether oxygens (including phenoxy) is 3. The molecule has 3 aromatic rings. The number of rotatable bonds is 7. The van der Waals surface area contributed by atoms with Crippen LogP contribution in [0.4, 0.5) is 0 Å². The summed E-state index contributed by atoms with van der Waals surface area (Å²) in [5, 5.41) is 2.01. The van der Waals surface area contributed by atoms with Crippen LogP contribution in [0.25, 0.3) is 10.8 Å². The number of carbonyl (C=O) groups excluding carboxylic acids is 2. The first-order valence-electron chi connectivity index (χ1n) is 11.8. The molecule has 0 spiro atoms. The van der Waals surface area contributed by atoms with Gasteiger partial charge in [0.1, 0.15) is 0 Å². The molecule has 0 atom stereocenters. The highest BCUT2D eigenvalue weighted by molar-refractivity contribution is 6.07. The smallest absolute Gasteiger partial charge is 0.254 e. The normalized spacial score (nSPS) is 14.0. The Bertz CT molecular complexity index is 1210. The molecule has 0 aromatic heterocycles. The van der Waals surface area contributed by atoms with Crippen molar-refractivity contribution in [1.29, 1.82) is 0 Å². The third-order valence-electron chi connectivity index (χ3n) is 6.72. The van der Waals surface area contributed by atoms with Crippen LogP contribution in [0.3, 0.4) is 0 Å². The van der Waals surface area contributed by atoms with Gasteiger partial charge in [-0.1, -0.05) is 36.4 Å². The molecule has 1 fully saturated rings. The van der Waals surface area contributed by atoms with Crippen LogP contribution >= 0.6 is 0 Å². The van der Waals surface area contributed by atoms with E-state index in [1.807, 2.05) is 59.5 Å². The highest BCUT2D eigenvalue weighted by atomic mass is 16.5. The van der Waals surface area contributed by atoms with Crippen molar-refractivity contribution in [3.63, 3.8) is 0 Å². The first-order chi connectivity index (χ1) is 17.0. The molecular weight excluding hydrogens is 444 g/mol. The number of benzene rings is 3. The number of amides is 2. The lowest BCUT2D eigenvalue weighted by molar-refractivity contribution is -0.136. The van der Waals surface area contributed by atoms with Crippen molar-refractivity contribution >= 4 is 22.6 Å². The second-order valence-electron chi connectivity index (χ2n) is 8.78. The van der Waals surface area contributed by atoms with E-state index < -0.39 is 0 Å². The Labute approximate surface area is 206 Å². The zero-order chi connectivity index (χ0) is 24.9. The standard InChI is InChI=1S/C28H32N2O5/c1-29(18-21-12-13-24(33-2)26(35-4)25(21)34-3)27(31)20-14-16-30(17-15-20)28(32)23-11-7-9-19-8-5-6-10-22(19)23/h5-13,20H,14-18H2,1-4H3. The van der Waals surface area contributed by atoms with Crippen molar-refractivity contribution in [3.8, 4) is 17.2 Å². The van der Waals surface area contributed by atoms with Crippen LogP contribution in [0.2, 0.25) is 0 Å². The van der Waals surface area contributed by atoms with Crippen molar-refractivity contribution in [3.05, 3.63) is 65.7 Å². The summed E-state index contributed by atoms with van der Waals surface area (Å²) in [7, 11) is 6.51. The fourth-order valence-corrected chi connectivity index (χ4v) is 4.84. The zero-order valence-corrected chi connectivity index (χ0v) is 20.7. The lowest BCUT2D eigenvalue weighted by Crippen LogP contribution is -2.43. The number of nitrogens with zero attached hydrogens (tertiary/aromatic N) is 2. The van der Waals surface area contributed by atoms with Crippen LogP contribution < -0.4 is 14.2 Å². The van der Waals surface area contributed by atoms with E-state index in [1.54, 1.807) is 33.3 Å². The van der Waals surface area contributed by atoms with Crippen molar-refractivity contribution in [2.24, 2.45) is 5.92 Å². The van der Waals surface area contributed by atoms with Gasteiger partial charge >= 0.3 is 0 Å². The summed E-state index contributed by atoms with van der Waals surface area (Å²) in [5.74, 6) is 1.61. The molecule has 7 heteroatoms. The summed E-state index contributed by atoms with van der Waals surface area (Å²) in [6.45, 7) is 1.51. The molecule has 0 saturated carbocycles. The molecule has 1 aliphatic heterocycles. The molecule has 35 heavy (non-hydrogen) atoms. The number of piperidine rings is 1. The molecule has 0 radical (unpaired) electrons. The second-order valence-corrected chi connectivity index (χ2v) is 8.78. The minimum Gasteiger partial charge on any atom is -0.493 e. The van der Waals surface area contributed by atoms with Crippen LogP contribution in [-0.4, -0.2) is 63.1 Å². The van der Waals surface area contributed by atoms with Gasteiger partial charge in [0, 0.05) is 43.7 Å². The van der Waals surface area contributed by atoms with Gasteiger partial charge in [-0.05, 0) is 41.8 Å². The number of methoxy groups -OCH3 is 3. The first kappa shape index (κ1) is 24.4. The molecule has 0 bridgehead atoms. The Morgan fingerprint density at radius 1 is 0.886 bits per heavy atom. The quantitative estimate of drug-likeness (QED) is 0.506. The van der Waals surface area contributed by atoms with E-state index in [0.717, 1.165) is 16.3 Å². The number of fused-ring (bicyclic) bond motifs is 1. The summed E-state index contributed by atoms with van der Waals surface area (Å²) in [6, 6.07) is 17.4. The van der Waals surface area contributed by atoms with Crippen LogP contribution in [0.1, 0.15) is 28.8 Å². The van der Waals surface area contributed by atoms with Gasteiger partial charge < -0.3 is 24.0 Å². The van der Waals surface area contributed by atoms with E-state index in [-0.39, 0.29) is 17.7 Å². The van der Waals surface area contributed by atoms with Gasteiger partial charge in [-0.15, -0.1) is 0 Å². The Morgan fingerprint density at radius 2 is 1.57 bits per heavy atom. The Hall–Kier alpha value is -3.74. The molecule has 184 valence electrons. The fraction of sp³-hybridized carbons (Fsp3) is 0.357. The third kappa shape index (κ3) is 4.90. The van der Waals surface area contributed by atoms with Gasteiger partial charge in [0.05, 0.1) is 21.3 Å². The molecule has 0 unspecified atom stereocenters. The molecule has 2 amide bonds. The maximum absolute atomic E-state index is 13.2. The average Bonchev–Trinajstić information content (AvgIpc) is 2.91. The minimum atomic E-state index is -0.122. The topological polar surface area (TPSA) is 68.3 Å². The van der Waals surface area contributed by atoms with Gasteiger partial charge in [-0.3, -0.25) is 9.59 Å². The van der Waals surface area contributed by atoms with Gasteiger partial charge in [0.15, 0.2) is 11.5 Å². The monoisotopic (exact) mass is 476 g/mol. The first-order valence-corrected chi connectivity index (χ1v) is 11.8. The molecule has 0 N–H and O–H groups in total. The molecule has 3 aromatic carbocycles. The van der Waals surface area contributed by atoms with Crippen LogP contribution in [0, 0.1) is 5.92 Å². The van der Waals surface area contributed by atoms with E-state index in [1.165, 1.54) is 0 Å². The number of carbonyl (C=O) groups is 2. The largest absolute Gasteiger partial charge is 0.493 e. The predicted octanol–water partition coefficient (Wildman–Crippen LogP) is 4.38. The SMILES string of the molecule is COc1ccc(CN(C)C(=O)C2CCN(C(=O)c3cccc4ccccc34)CC2)c(OC)c1OC. The van der Waals surface area contributed by atoms with Gasteiger partial charge in [-0.2, -0.15) is 0 Å². The molecule has 1 saturated heterocycles.